The van der Waals surface area contributed by atoms with Gasteiger partial charge in [0.1, 0.15) is 13.6 Å². The summed E-state index contributed by atoms with van der Waals surface area (Å²) >= 11 is 3.31. The molecule has 0 amide bonds. The first-order valence-corrected chi connectivity index (χ1v) is 8.23. The summed E-state index contributed by atoms with van der Waals surface area (Å²) in [4.78, 5) is 28.4. The first kappa shape index (κ1) is 16.5. The number of rotatable bonds is 4. The van der Waals surface area contributed by atoms with E-state index >= 15 is 0 Å². The Morgan fingerprint density at radius 3 is 2.79 bits per heavy atom. The average Bonchev–Trinajstić information content (AvgIpc) is 2.57. The number of halogens is 1. The number of aromatic nitrogens is 1. The van der Waals surface area contributed by atoms with Crippen molar-refractivity contribution in [2.45, 2.75) is 6.42 Å². The van der Waals surface area contributed by atoms with Crippen molar-refractivity contribution in [3.05, 3.63) is 63.5 Å². The lowest BCUT2D eigenvalue weighted by atomic mass is 9.92. The molecule has 2 aromatic rings. The first-order chi connectivity index (χ1) is 11.5. The Balaban J connectivity index is 1.70. The number of allylic oxidation sites excluding steroid dienone is 2. The highest BCUT2D eigenvalue weighted by Gasteiger charge is 2.25. The van der Waals surface area contributed by atoms with E-state index in [4.69, 9.17) is 0 Å². The molecule has 3 rings (SSSR count). The monoisotopic (exact) mass is 384 g/mol. The molecule has 2 N–H and O–H groups in total. The largest absolute Gasteiger partial charge is 0.507 e. The number of hydrogen-bond acceptors (Lipinski definition) is 5. The van der Waals surface area contributed by atoms with Crippen molar-refractivity contribution in [3.63, 3.8) is 0 Å². The number of nitrogens with zero attached hydrogens (tertiary/aromatic N) is 1. The van der Waals surface area contributed by atoms with Gasteiger partial charge in [-0.15, -0.1) is 0 Å². The number of phenolic OH excluding ortho intramolecular Hbond substituents is 1. The van der Waals surface area contributed by atoms with E-state index in [2.05, 4.69) is 26.2 Å². The fourth-order valence-corrected chi connectivity index (χ4v) is 3.24. The Bertz CT molecular complexity index is 857. The average molecular weight is 385 g/mol. The van der Waals surface area contributed by atoms with Gasteiger partial charge in [0.2, 0.25) is 5.78 Å². The number of fused-ring (bicyclic) bond motifs is 1. The number of carbonyl (C=O) groups excluding carboxylic acids is 2. The van der Waals surface area contributed by atoms with E-state index in [0.29, 0.717) is 28.6 Å². The highest BCUT2D eigenvalue weighted by Crippen LogP contribution is 2.22. The van der Waals surface area contributed by atoms with E-state index in [1.807, 2.05) is 20.0 Å². The Morgan fingerprint density at radius 2 is 2.04 bits per heavy atom. The van der Waals surface area contributed by atoms with E-state index in [-0.39, 0.29) is 23.0 Å². The normalized spacial score (nSPS) is 13.5. The predicted molar refractivity (Wildman–Crippen MR) is 96.7 cm³/mol. The minimum absolute atomic E-state index is 0.197. The zero-order chi connectivity index (χ0) is 17.3. The van der Waals surface area contributed by atoms with Gasteiger partial charge in [-0.05, 0) is 45.5 Å². The molecule has 0 saturated heterocycles. The van der Waals surface area contributed by atoms with E-state index in [9.17, 15) is 14.7 Å². The van der Waals surface area contributed by atoms with Crippen molar-refractivity contribution in [1.82, 2.24) is 10.3 Å². The number of benzene rings is 1. The lowest BCUT2D eigenvalue weighted by Crippen LogP contribution is -2.28. The SMILES string of the molecule is Bc1cc(CCNC2=CC(=O)c3ccncc3C2=O)cc(Br)c1O. The molecule has 1 aromatic carbocycles. The van der Waals surface area contributed by atoms with Gasteiger partial charge in [0.05, 0.1) is 15.7 Å². The summed E-state index contributed by atoms with van der Waals surface area (Å²) in [5, 5.41) is 12.8. The number of pyridine rings is 1. The van der Waals surface area contributed by atoms with Crippen LogP contribution in [0.25, 0.3) is 0 Å². The molecule has 1 aliphatic rings. The molecule has 120 valence electrons. The summed E-state index contributed by atoms with van der Waals surface area (Å²) in [5.41, 5.74) is 2.80. The lowest BCUT2D eigenvalue weighted by molar-refractivity contribution is 0.0978. The Hall–Kier alpha value is -2.41. The molecular formula is C17H14BBrN2O3. The minimum Gasteiger partial charge on any atom is -0.507 e. The van der Waals surface area contributed by atoms with Gasteiger partial charge in [-0.1, -0.05) is 6.07 Å². The van der Waals surface area contributed by atoms with Crippen LogP contribution in [0, 0.1) is 0 Å². The van der Waals surface area contributed by atoms with Crippen molar-refractivity contribution in [2.24, 2.45) is 0 Å². The maximum Gasteiger partial charge on any atom is 0.211 e. The second-order valence-corrected chi connectivity index (χ2v) is 6.45. The predicted octanol–water partition coefficient (Wildman–Crippen LogP) is 0.903. The number of hydrogen-bond donors (Lipinski definition) is 2. The van der Waals surface area contributed by atoms with Crippen LogP contribution in [-0.4, -0.2) is 36.0 Å². The van der Waals surface area contributed by atoms with Crippen LogP contribution < -0.4 is 10.8 Å². The van der Waals surface area contributed by atoms with Crippen LogP contribution in [-0.2, 0) is 6.42 Å². The van der Waals surface area contributed by atoms with Crippen LogP contribution in [0.1, 0.15) is 26.3 Å². The third kappa shape index (κ3) is 3.12. The van der Waals surface area contributed by atoms with Gasteiger partial charge < -0.3 is 10.4 Å². The van der Waals surface area contributed by atoms with E-state index < -0.39 is 0 Å². The van der Waals surface area contributed by atoms with Crippen LogP contribution in [0.5, 0.6) is 5.75 Å². The number of nitrogens with one attached hydrogen (secondary N) is 1. The third-order valence-corrected chi connectivity index (χ3v) is 4.50. The minimum atomic E-state index is -0.222. The fraction of sp³-hybridized carbons (Fsp3) is 0.118. The summed E-state index contributed by atoms with van der Waals surface area (Å²) in [7, 11) is 1.83. The molecule has 0 aliphatic heterocycles. The molecule has 0 fully saturated rings. The molecule has 0 atom stereocenters. The highest BCUT2D eigenvalue weighted by molar-refractivity contribution is 9.10. The highest BCUT2D eigenvalue weighted by atomic mass is 79.9. The summed E-state index contributed by atoms with van der Waals surface area (Å²) < 4.78 is 0.639. The van der Waals surface area contributed by atoms with Crippen LogP contribution in [0.3, 0.4) is 0 Å². The second kappa shape index (κ2) is 6.61. The third-order valence-electron chi connectivity index (χ3n) is 3.89. The molecule has 0 spiro atoms. The van der Waals surface area contributed by atoms with Crippen LogP contribution in [0.4, 0.5) is 0 Å². The van der Waals surface area contributed by atoms with E-state index in [1.54, 1.807) is 6.07 Å². The molecule has 0 radical (unpaired) electrons. The van der Waals surface area contributed by atoms with Crippen LogP contribution in [0.15, 0.2) is 46.8 Å². The van der Waals surface area contributed by atoms with Crippen LogP contribution >= 0.6 is 15.9 Å². The van der Waals surface area contributed by atoms with Crippen LogP contribution in [0.2, 0.25) is 0 Å². The van der Waals surface area contributed by atoms with Gasteiger partial charge in [0, 0.05) is 30.6 Å². The topological polar surface area (TPSA) is 79.3 Å². The number of carbonyl (C=O) groups is 2. The van der Waals surface area contributed by atoms with Gasteiger partial charge >= 0.3 is 0 Å². The van der Waals surface area contributed by atoms with Gasteiger partial charge in [-0.3, -0.25) is 14.6 Å². The summed E-state index contributed by atoms with van der Waals surface area (Å²) in [6.07, 6.45) is 4.91. The second-order valence-electron chi connectivity index (χ2n) is 5.59. The standard InChI is InChI=1S/C17H14BBrN2O3/c18-12-5-9(6-13(19)17(12)24)1-4-21-14-7-15(22)10-2-3-20-8-11(10)16(14)23/h2-3,5-8,21,24H,1,4,18H2. The lowest BCUT2D eigenvalue weighted by Gasteiger charge is -2.16. The smallest absolute Gasteiger partial charge is 0.211 e. The maximum absolute atomic E-state index is 12.4. The van der Waals surface area contributed by atoms with Crippen molar-refractivity contribution >= 4 is 40.8 Å². The Labute approximate surface area is 148 Å². The molecule has 7 heteroatoms. The van der Waals surface area contributed by atoms with Gasteiger partial charge in [0.25, 0.3) is 0 Å². The Morgan fingerprint density at radius 1 is 1.25 bits per heavy atom. The number of phenols is 1. The number of ketones is 2. The quantitative estimate of drug-likeness (QED) is 0.766. The van der Waals surface area contributed by atoms with E-state index in [1.165, 1.54) is 18.5 Å². The fourth-order valence-electron chi connectivity index (χ4n) is 2.63. The number of Topliss-reactive ketones (excluding diaryl/α,β-unsaturated/α-hetero) is 1. The summed E-state index contributed by atoms with van der Waals surface area (Å²) in [6.45, 7) is 0.497. The Kier molecular flexibility index (Phi) is 4.53. The zero-order valence-electron chi connectivity index (χ0n) is 13.0. The number of aromatic hydroxyl groups is 1. The van der Waals surface area contributed by atoms with Crippen molar-refractivity contribution in [2.75, 3.05) is 6.54 Å². The molecule has 24 heavy (non-hydrogen) atoms. The van der Waals surface area contributed by atoms with Crippen molar-refractivity contribution in [3.8, 4) is 5.75 Å². The van der Waals surface area contributed by atoms with Crippen molar-refractivity contribution in [1.29, 1.82) is 0 Å². The molecule has 1 aromatic heterocycles. The van der Waals surface area contributed by atoms with Gasteiger partial charge in [0.15, 0.2) is 5.78 Å². The van der Waals surface area contributed by atoms with E-state index in [0.717, 1.165) is 11.0 Å². The van der Waals surface area contributed by atoms with Crippen molar-refractivity contribution < 1.29 is 14.7 Å². The van der Waals surface area contributed by atoms with Gasteiger partial charge in [-0.2, -0.15) is 0 Å². The molecule has 0 saturated carbocycles. The molecule has 1 heterocycles. The summed E-state index contributed by atoms with van der Waals surface area (Å²) in [6, 6.07) is 5.29. The maximum atomic E-state index is 12.4. The first-order valence-electron chi connectivity index (χ1n) is 7.44. The molecule has 5 nitrogen and oxygen atoms in total. The zero-order valence-corrected chi connectivity index (χ0v) is 14.6. The summed E-state index contributed by atoms with van der Waals surface area (Å²) in [5.74, 6) is -0.190. The molecule has 1 aliphatic carbocycles. The molecule has 0 bridgehead atoms. The van der Waals surface area contributed by atoms with Gasteiger partial charge in [-0.25, -0.2) is 0 Å². The molecular weight excluding hydrogens is 371 g/mol. The molecule has 0 unspecified atom stereocenters.